The number of alkyl halides is 3. The molecule has 1 aliphatic heterocycles. The van der Waals surface area contributed by atoms with Gasteiger partial charge in [0.1, 0.15) is 5.82 Å². The fraction of sp³-hybridized carbons (Fsp3) is 0.409. The van der Waals surface area contributed by atoms with Gasteiger partial charge in [0.2, 0.25) is 0 Å². The highest BCUT2D eigenvalue weighted by molar-refractivity contribution is 5.98. The highest BCUT2D eigenvalue weighted by atomic mass is 19.4. The quantitative estimate of drug-likeness (QED) is 0.625. The minimum atomic E-state index is -4.54. The largest absolute Gasteiger partial charge is 0.435 e. The first kappa shape index (κ1) is 22.7. The highest BCUT2D eigenvalue weighted by Gasteiger charge is 2.34. The third-order valence-electron chi connectivity index (χ3n) is 5.84. The molecule has 1 amide bonds. The molecule has 4 rings (SSSR count). The smallest absolute Gasteiger partial charge is 0.367 e. The number of carbonyl (C=O) groups excluding carboxylic acids is 1. The average Bonchev–Trinajstić information content (AvgIpc) is 3.32. The molecule has 0 bridgehead atoms. The Kier molecular flexibility index (Phi) is 6.30. The Morgan fingerprint density at radius 2 is 1.91 bits per heavy atom. The van der Waals surface area contributed by atoms with Crippen LogP contribution in [0.15, 0.2) is 42.7 Å². The highest BCUT2D eigenvalue weighted by Crippen LogP contribution is 2.29. The monoisotopic (exact) mass is 459 g/mol. The normalized spacial score (nSPS) is 18.9. The fourth-order valence-corrected chi connectivity index (χ4v) is 4.09. The summed E-state index contributed by atoms with van der Waals surface area (Å²) in [5.41, 5.74) is 0.984. The molecule has 3 heterocycles. The van der Waals surface area contributed by atoms with E-state index >= 15 is 0 Å². The van der Waals surface area contributed by atoms with E-state index in [-0.39, 0.29) is 23.7 Å². The van der Waals surface area contributed by atoms with Crippen molar-refractivity contribution in [2.75, 3.05) is 18.4 Å². The van der Waals surface area contributed by atoms with Gasteiger partial charge in [-0.1, -0.05) is 18.6 Å². The summed E-state index contributed by atoms with van der Waals surface area (Å²) >= 11 is 0. The summed E-state index contributed by atoms with van der Waals surface area (Å²) in [5.74, 6) is 0.279. The number of aryl methyl sites for hydroxylation is 1. The van der Waals surface area contributed by atoms with Crippen LogP contribution in [0.3, 0.4) is 0 Å². The number of carbonyl (C=O) groups is 1. The molecule has 1 fully saturated rings. The van der Waals surface area contributed by atoms with Crippen molar-refractivity contribution in [1.29, 1.82) is 0 Å². The molecule has 1 aromatic carbocycles. The van der Waals surface area contributed by atoms with Gasteiger partial charge in [0, 0.05) is 13.1 Å². The molecule has 1 N–H and O–H groups in total. The van der Waals surface area contributed by atoms with Gasteiger partial charge in [-0.05, 0) is 49.9 Å². The molecule has 0 spiro atoms. The van der Waals surface area contributed by atoms with Crippen LogP contribution in [-0.2, 0) is 6.18 Å². The molecule has 33 heavy (non-hydrogen) atoms. The Morgan fingerprint density at radius 1 is 1.15 bits per heavy atom. The summed E-state index contributed by atoms with van der Waals surface area (Å²) in [7, 11) is 0. The third-order valence-corrected chi connectivity index (χ3v) is 5.84. The van der Waals surface area contributed by atoms with Crippen LogP contribution < -0.4 is 5.32 Å². The molecular formula is C22H24F3N7O. The van der Waals surface area contributed by atoms with Gasteiger partial charge in [-0.2, -0.15) is 28.2 Å². The molecule has 2 atom stereocenters. The van der Waals surface area contributed by atoms with E-state index in [4.69, 9.17) is 0 Å². The number of piperidine rings is 1. The number of benzene rings is 1. The van der Waals surface area contributed by atoms with Gasteiger partial charge in [-0.15, -0.1) is 10.2 Å². The lowest BCUT2D eigenvalue weighted by atomic mass is 9.89. The molecule has 174 valence electrons. The van der Waals surface area contributed by atoms with Crippen molar-refractivity contribution in [3.8, 4) is 5.69 Å². The minimum absolute atomic E-state index is 0.136. The minimum Gasteiger partial charge on any atom is -0.367 e. The van der Waals surface area contributed by atoms with E-state index in [1.165, 1.54) is 10.9 Å². The Bertz CT molecular complexity index is 1100. The predicted octanol–water partition coefficient (Wildman–Crippen LogP) is 3.74. The number of hydrogen-bond donors (Lipinski definition) is 1. The maximum atomic E-state index is 13.7. The maximum absolute atomic E-state index is 13.7. The third kappa shape index (κ3) is 4.96. The second-order valence-electron chi connectivity index (χ2n) is 8.21. The zero-order valence-electron chi connectivity index (χ0n) is 18.3. The Balaban J connectivity index is 1.55. The summed E-state index contributed by atoms with van der Waals surface area (Å²) in [5, 5.41) is 18.3. The Hall–Kier alpha value is -3.50. The zero-order chi connectivity index (χ0) is 23.6. The van der Waals surface area contributed by atoms with Gasteiger partial charge in [-0.25, -0.2) is 0 Å². The van der Waals surface area contributed by atoms with Gasteiger partial charge in [0.05, 0.1) is 29.7 Å². The molecule has 2 unspecified atom stereocenters. The van der Waals surface area contributed by atoms with Crippen LogP contribution in [0.1, 0.15) is 41.4 Å². The second-order valence-corrected chi connectivity index (χ2v) is 8.21. The number of halogens is 3. The van der Waals surface area contributed by atoms with Crippen molar-refractivity contribution in [2.45, 2.75) is 38.9 Å². The van der Waals surface area contributed by atoms with Crippen molar-refractivity contribution in [2.24, 2.45) is 5.92 Å². The van der Waals surface area contributed by atoms with Crippen LogP contribution in [0, 0.1) is 12.8 Å². The number of rotatable bonds is 5. The lowest BCUT2D eigenvalue weighted by Crippen LogP contribution is -2.51. The van der Waals surface area contributed by atoms with Crippen molar-refractivity contribution < 1.29 is 18.0 Å². The van der Waals surface area contributed by atoms with Gasteiger partial charge >= 0.3 is 6.18 Å². The lowest BCUT2D eigenvalue weighted by molar-refractivity contribution is -0.141. The molecule has 11 heteroatoms. The average molecular weight is 459 g/mol. The summed E-state index contributed by atoms with van der Waals surface area (Å²) in [4.78, 5) is 16.9. The van der Waals surface area contributed by atoms with E-state index in [0.29, 0.717) is 24.3 Å². The van der Waals surface area contributed by atoms with E-state index in [0.717, 1.165) is 24.5 Å². The zero-order valence-corrected chi connectivity index (χ0v) is 18.3. The molecule has 1 aliphatic rings. The lowest BCUT2D eigenvalue weighted by Gasteiger charge is -2.40. The van der Waals surface area contributed by atoms with Crippen LogP contribution in [0.5, 0.6) is 0 Å². The topological polar surface area (TPSA) is 88.8 Å². The van der Waals surface area contributed by atoms with Gasteiger partial charge in [0.25, 0.3) is 5.91 Å². The Labute approximate surface area is 188 Å². The van der Waals surface area contributed by atoms with Gasteiger partial charge < -0.3 is 10.2 Å². The maximum Gasteiger partial charge on any atom is 0.435 e. The van der Waals surface area contributed by atoms with Crippen molar-refractivity contribution in [3.05, 3.63) is 59.5 Å². The first-order valence-corrected chi connectivity index (χ1v) is 10.7. The van der Waals surface area contributed by atoms with Crippen molar-refractivity contribution >= 4 is 11.7 Å². The molecule has 0 radical (unpaired) electrons. The van der Waals surface area contributed by atoms with Crippen molar-refractivity contribution in [3.63, 3.8) is 0 Å². The number of anilines is 1. The summed E-state index contributed by atoms with van der Waals surface area (Å²) in [6.07, 6.45) is 0.367. The van der Waals surface area contributed by atoms with E-state index < -0.39 is 11.9 Å². The van der Waals surface area contributed by atoms with Crippen LogP contribution in [0.25, 0.3) is 5.69 Å². The second kappa shape index (κ2) is 9.16. The molecule has 0 saturated carbocycles. The van der Waals surface area contributed by atoms with Gasteiger partial charge in [-0.3, -0.25) is 4.79 Å². The number of aromatic nitrogens is 5. The molecule has 0 aliphatic carbocycles. The van der Waals surface area contributed by atoms with E-state index in [1.54, 1.807) is 12.4 Å². The van der Waals surface area contributed by atoms with Crippen molar-refractivity contribution in [1.82, 2.24) is 30.1 Å². The first-order valence-electron chi connectivity index (χ1n) is 10.7. The molecule has 8 nitrogen and oxygen atoms in total. The molecule has 3 aromatic rings. The summed E-state index contributed by atoms with van der Waals surface area (Å²) in [6, 6.07) is 7.51. The first-order chi connectivity index (χ1) is 15.7. The Morgan fingerprint density at radius 3 is 2.58 bits per heavy atom. The summed E-state index contributed by atoms with van der Waals surface area (Å²) < 4.78 is 38.2. The van der Waals surface area contributed by atoms with E-state index in [2.05, 4.69) is 32.6 Å². The number of nitrogens with zero attached hydrogens (tertiary/aromatic N) is 6. The molecule has 2 aromatic heterocycles. The predicted molar refractivity (Wildman–Crippen MR) is 115 cm³/mol. The summed E-state index contributed by atoms with van der Waals surface area (Å²) in [6.45, 7) is 4.90. The number of hydrogen-bond acceptors (Lipinski definition) is 6. The molecular weight excluding hydrogens is 435 g/mol. The van der Waals surface area contributed by atoms with E-state index in [1.807, 2.05) is 30.0 Å². The van der Waals surface area contributed by atoms with E-state index in [9.17, 15) is 18.0 Å². The van der Waals surface area contributed by atoms with Crippen LogP contribution in [0.4, 0.5) is 19.0 Å². The SMILES string of the molecule is Cc1ccc(-n2nccn2)c(C(=O)N2CCCC(C)C2CNc2ccc(C(F)(F)F)nn2)c1. The van der Waals surface area contributed by atoms with Crippen LogP contribution in [0.2, 0.25) is 0 Å². The van der Waals surface area contributed by atoms with Crippen LogP contribution >= 0.6 is 0 Å². The molecule has 1 saturated heterocycles. The fourth-order valence-electron chi connectivity index (χ4n) is 4.09. The number of amides is 1. The van der Waals surface area contributed by atoms with Crippen LogP contribution in [-0.4, -0.2) is 55.1 Å². The number of likely N-dealkylation sites (tertiary alicyclic amines) is 1. The number of nitrogens with one attached hydrogen (secondary N) is 1. The van der Waals surface area contributed by atoms with Gasteiger partial charge in [0.15, 0.2) is 5.69 Å². The standard InChI is InChI=1S/C22H24F3N7O/c1-14-5-6-17(32-27-9-10-28-32)16(12-14)21(33)31-11-3-4-15(2)18(31)13-26-20-8-7-19(29-30-20)22(23,24)25/h5-10,12,15,18H,3-4,11,13H2,1-2H3,(H,26,30).